The molecule has 1 aliphatic carbocycles. The molecule has 1 fully saturated rings. The van der Waals surface area contributed by atoms with Crippen molar-refractivity contribution < 1.29 is 9.32 Å². The largest absolute Gasteiger partial charge is 0.340 e. The average Bonchev–Trinajstić information content (AvgIpc) is 3.42. The third-order valence-corrected chi connectivity index (χ3v) is 4.83. The van der Waals surface area contributed by atoms with Crippen LogP contribution in [-0.4, -0.2) is 25.8 Å². The van der Waals surface area contributed by atoms with Crippen LogP contribution in [0.5, 0.6) is 0 Å². The molecule has 3 aromatic rings. The van der Waals surface area contributed by atoms with Gasteiger partial charge in [0, 0.05) is 24.8 Å². The highest BCUT2D eigenvalue weighted by atomic mass is 16.5. The van der Waals surface area contributed by atoms with Crippen LogP contribution in [-0.2, 0) is 10.3 Å². The van der Waals surface area contributed by atoms with Gasteiger partial charge in [0.1, 0.15) is 5.54 Å². The van der Waals surface area contributed by atoms with Crippen molar-refractivity contribution in [1.29, 1.82) is 0 Å². The molecular weight excluding hydrogens is 342 g/mol. The monoisotopic (exact) mass is 363 g/mol. The van der Waals surface area contributed by atoms with E-state index < -0.39 is 5.54 Å². The Balaban J connectivity index is 1.46. The predicted octanol–water partition coefficient (Wildman–Crippen LogP) is 3.16. The minimum atomic E-state index is -0.534. The van der Waals surface area contributed by atoms with Gasteiger partial charge in [-0.3, -0.25) is 4.79 Å². The number of nitrogens with zero attached hydrogens (tertiary/aromatic N) is 4. The third kappa shape index (κ3) is 3.67. The van der Waals surface area contributed by atoms with Crippen LogP contribution in [0, 0.1) is 6.92 Å². The Morgan fingerprint density at radius 2 is 2.04 bits per heavy atom. The molecule has 0 aliphatic heterocycles. The molecule has 0 saturated heterocycles. The summed E-state index contributed by atoms with van der Waals surface area (Å²) in [4.78, 5) is 16.9. The SMILES string of the molecule is Cc1nc(C2(NC(=O)/C=C/c3cnn(-c4ccccc4)c3)CCCC2)no1. The van der Waals surface area contributed by atoms with Gasteiger partial charge in [-0.25, -0.2) is 4.68 Å². The fourth-order valence-corrected chi connectivity index (χ4v) is 3.47. The summed E-state index contributed by atoms with van der Waals surface area (Å²) in [6.07, 6.45) is 10.6. The molecule has 4 rings (SSSR count). The maximum Gasteiger partial charge on any atom is 0.244 e. The minimum Gasteiger partial charge on any atom is -0.340 e. The first-order valence-electron chi connectivity index (χ1n) is 9.06. The van der Waals surface area contributed by atoms with Crippen molar-refractivity contribution in [3.63, 3.8) is 0 Å². The van der Waals surface area contributed by atoms with E-state index in [1.807, 2.05) is 36.5 Å². The molecule has 7 heteroatoms. The lowest BCUT2D eigenvalue weighted by molar-refractivity contribution is -0.118. The second kappa shape index (κ2) is 7.19. The number of carbonyl (C=O) groups is 1. The van der Waals surface area contributed by atoms with Gasteiger partial charge in [-0.15, -0.1) is 0 Å². The number of hydrogen-bond acceptors (Lipinski definition) is 5. The molecule has 0 unspecified atom stereocenters. The number of carbonyl (C=O) groups excluding carboxylic acids is 1. The Morgan fingerprint density at radius 3 is 2.74 bits per heavy atom. The van der Waals surface area contributed by atoms with Gasteiger partial charge < -0.3 is 9.84 Å². The number of para-hydroxylation sites is 1. The van der Waals surface area contributed by atoms with Gasteiger partial charge in [0.15, 0.2) is 5.82 Å². The number of hydrogen-bond donors (Lipinski definition) is 1. The summed E-state index contributed by atoms with van der Waals surface area (Å²) < 4.78 is 6.89. The molecule has 1 N–H and O–H groups in total. The van der Waals surface area contributed by atoms with E-state index in [4.69, 9.17) is 4.52 Å². The van der Waals surface area contributed by atoms with Crippen LogP contribution in [0.3, 0.4) is 0 Å². The highest BCUT2D eigenvalue weighted by molar-refractivity contribution is 5.92. The lowest BCUT2D eigenvalue weighted by atomic mass is 9.96. The summed E-state index contributed by atoms with van der Waals surface area (Å²) in [5, 5.41) is 11.5. The topological polar surface area (TPSA) is 85.8 Å². The number of aromatic nitrogens is 4. The number of nitrogens with one attached hydrogen (secondary N) is 1. The third-order valence-electron chi connectivity index (χ3n) is 4.83. The number of amides is 1. The molecule has 27 heavy (non-hydrogen) atoms. The van der Waals surface area contributed by atoms with Crippen LogP contribution in [0.2, 0.25) is 0 Å². The first-order valence-corrected chi connectivity index (χ1v) is 9.06. The lowest BCUT2D eigenvalue weighted by Crippen LogP contribution is -2.44. The fraction of sp³-hybridized carbons (Fsp3) is 0.300. The Hall–Kier alpha value is -3.22. The zero-order valence-corrected chi connectivity index (χ0v) is 15.1. The van der Waals surface area contributed by atoms with Crippen molar-refractivity contribution in [3.05, 3.63) is 66.1 Å². The Kier molecular flexibility index (Phi) is 4.58. The molecule has 0 bridgehead atoms. The van der Waals surface area contributed by atoms with Crippen LogP contribution in [0.15, 0.2) is 53.3 Å². The van der Waals surface area contributed by atoms with E-state index in [1.165, 1.54) is 6.08 Å². The van der Waals surface area contributed by atoms with Crippen molar-refractivity contribution in [3.8, 4) is 5.69 Å². The van der Waals surface area contributed by atoms with E-state index in [0.717, 1.165) is 36.9 Å². The standard InChI is InChI=1S/C20H21N5O2/c1-15-22-19(24-27-15)20(11-5-6-12-20)23-18(26)10-9-16-13-21-25(14-16)17-7-3-2-4-8-17/h2-4,7-10,13-14H,5-6,11-12H2,1H3,(H,23,26)/b10-9+. The molecule has 1 saturated carbocycles. The lowest BCUT2D eigenvalue weighted by Gasteiger charge is -2.25. The van der Waals surface area contributed by atoms with Crippen molar-refractivity contribution in [2.45, 2.75) is 38.1 Å². The summed E-state index contributed by atoms with van der Waals surface area (Å²) in [6, 6.07) is 9.83. The minimum absolute atomic E-state index is 0.174. The fourth-order valence-electron chi connectivity index (χ4n) is 3.47. The number of aryl methyl sites for hydroxylation is 1. The molecule has 2 heterocycles. The highest BCUT2D eigenvalue weighted by Crippen LogP contribution is 2.37. The zero-order chi connectivity index (χ0) is 18.7. The molecule has 0 radical (unpaired) electrons. The molecule has 0 spiro atoms. The van der Waals surface area contributed by atoms with E-state index in [2.05, 4.69) is 20.6 Å². The Morgan fingerprint density at radius 1 is 1.26 bits per heavy atom. The van der Waals surface area contributed by atoms with E-state index in [9.17, 15) is 4.79 Å². The summed E-state index contributed by atoms with van der Waals surface area (Å²) in [7, 11) is 0. The maximum atomic E-state index is 12.5. The predicted molar refractivity (Wildman–Crippen MR) is 99.9 cm³/mol. The molecule has 1 aromatic carbocycles. The molecule has 7 nitrogen and oxygen atoms in total. The summed E-state index contributed by atoms with van der Waals surface area (Å²) in [6.45, 7) is 1.76. The maximum absolute atomic E-state index is 12.5. The van der Waals surface area contributed by atoms with Crippen molar-refractivity contribution >= 4 is 12.0 Å². The van der Waals surface area contributed by atoms with Gasteiger partial charge in [0.25, 0.3) is 0 Å². The van der Waals surface area contributed by atoms with Gasteiger partial charge in [-0.05, 0) is 31.1 Å². The molecule has 1 amide bonds. The van der Waals surface area contributed by atoms with Crippen molar-refractivity contribution in [2.75, 3.05) is 0 Å². The number of benzene rings is 1. The smallest absolute Gasteiger partial charge is 0.244 e. The molecule has 1 aliphatic rings. The molecule has 138 valence electrons. The van der Waals surface area contributed by atoms with E-state index >= 15 is 0 Å². The van der Waals surface area contributed by atoms with Crippen molar-refractivity contribution in [2.24, 2.45) is 0 Å². The molecule has 0 atom stereocenters. The van der Waals surface area contributed by atoms with Gasteiger partial charge in [0.2, 0.25) is 11.8 Å². The van der Waals surface area contributed by atoms with E-state index in [1.54, 1.807) is 23.9 Å². The van der Waals surface area contributed by atoms with E-state index in [0.29, 0.717) is 11.7 Å². The first-order chi connectivity index (χ1) is 13.1. The van der Waals surface area contributed by atoms with Gasteiger partial charge >= 0.3 is 0 Å². The summed E-state index contributed by atoms with van der Waals surface area (Å²) in [5.74, 6) is 0.900. The van der Waals surface area contributed by atoms with Gasteiger partial charge in [-0.2, -0.15) is 10.1 Å². The number of rotatable bonds is 5. The summed E-state index contributed by atoms with van der Waals surface area (Å²) in [5.41, 5.74) is 1.29. The Bertz CT molecular complexity index is 952. The second-order valence-corrected chi connectivity index (χ2v) is 6.80. The zero-order valence-electron chi connectivity index (χ0n) is 15.1. The van der Waals surface area contributed by atoms with Crippen LogP contribution >= 0.6 is 0 Å². The van der Waals surface area contributed by atoms with Crippen molar-refractivity contribution in [1.82, 2.24) is 25.2 Å². The second-order valence-electron chi connectivity index (χ2n) is 6.80. The normalized spacial score (nSPS) is 16.0. The molecule has 2 aromatic heterocycles. The van der Waals surface area contributed by atoms with Crippen LogP contribution in [0.25, 0.3) is 11.8 Å². The Labute approximate surface area is 157 Å². The average molecular weight is 363 g/mol. The van der Waals surface area contributed by atoms with Gasteiger partial charge in [-0.1, -0.05) is 36.2 Å². The highest BCUT2D eigenvalue weighted by Gasteiger charge is 2.40. The van der Waals surface area contributed by atoms with Crippen LogP contribution in [0.4, 0.5) is 0 Å². The first kappa shape index (κ1) is 17.2. The van der Waals surface area contributed by atoms with Gasteiger partial charge in [0.05, 0.1) is 11.9 Å². The van der Waals surface area contributed by atoms with Crippen LogP contribution in [0.1, 0.15) is 43.0 Å². The summed E-state index contributed by atoms with van der Waals surface area (Å²) >= 11 is 0. The quantitative estimate of drug-likeness (QED) is 0.704. The van der Waals surface area contributed by atoms with E-state index in [-0.39, 0.29) is 5.91 Å². The van der Waals surface area contributed by atoms with Crippen LogP contribution < -0.4 is 5.32 Å². The molecular formula is C20H21N5O2.